The first-order valence-electron chi connectivity index (χ1n) is 31.2. The maximum absolute atomic E-state index is 12.5. The van der Waals surface area contributed by atoms with Gasteiger partial charge < -0.3 is 15.5 Å². The summed E-state index contributed by atoms with van der Waals surface area (Å²) in [5, 5.41) is 23.4. The van der Waals surface area contributed by atoms with Gasteiger partial charge in [-0.25, -0.2) is 0 Å². The molecule has 0 rings (SSSR count). The third-order valence-electron chi connectivity index (χ3n) is 15.1. The van der Waals surface area contributed by atoms with E-state index < -0.39 is 12.1 Å². The largest absolute Gasteiger partial charge is 0.394 e. The molecule has 0 bridgehead atoms. The van der Waals surface area contributed by atoms with Crippen molar-refractivity contribution in [1.29, 1.82) is 0 Å². The van der Waals surface area contributed by atoms with Crippen LogP contribution in [0.15, 0.2) is 0 Å². The number of aliphatic hydroxyl groups excluding tert-OH is 2. The second-order valence-corrected chi connectivity index (χ2v) is 21.8. The first-order valence-corrected chi connectivity index (χ1v) is 31.2. The highest BCUT2D eigenvalue weighted by Crippen LogP contribution is 2.19. The van der Waals surface area contributed by atoms with E-state index in [4.69, 9.17) is 0 Å². The van der Waals surface area contributed by atoms with Crippen LogP contribution in [0, 0.1) is 0 Å². The topological polar surface area (TPSA) is 69.6 Å². The molecule has 1 amide bonds. The lowest BCUT2D eigenvalue weighted by Gasteiger charge is -2.22. The quantitative estimate of drug-likeness (QED) is 0.0532. The molecule has 0 aromatic carbocycles. The van der Waals surface area contributed by atoms with Gasteiger partial charge in [0.25, 0.3) is 0 Å². The molecule has 0 spiro atoms. The maximum Gasteiger partial charge on any atom is 0.220 e. The van der Waals surface area contributed by atoms with Gasteiger partial charge in [0.15, 0.2) is 0 Å². The molecule has 4 nitrogen and oxygen atoms in total. The average molecular weight is 933 g/mol. The fraction of sp³-hybridized carbons (Fsp3) is 0.984. The number of unbranched alkanes of at least 4 members (excludes halogenated alkanes) is 52. The summed E-state index contributed by atoms with van der Waals surface area (Å²) in [5.74, 6) is -0.0204. The minimum atomic E-state index is -0.656. The highest BCUT2D eigenvalue weighted by molar-refractivity contribution is 5.76. The molecule has 66 heavy (non-hydrogen) atoms. The molecule has 3 N–H and O–H groups in total. The van der Waals surface area contributed by atoms with E-state index in [-0.39, 0.29) is 12.5 Å². The molecule has 2 unspecified atom stereocenters. The molecule has 0 saturated heterocycles. The minimum absolute atomic E-state index is 0.0204. The number of nitrogens with one attached hydrogen (secondary N) is 1. The fourth-order valence-electron chi connectivity index (χ4n) is 10.4. The van der Waals surface area contributed by atoms with Crippen molar-refractivity contribution in [3.8, 4) is 0 Å². The second-order valence-electron chi connectivity index (χ2n) is 21.8. The molecule has 2 atom stereocenters. The fourth-order valence-corrected chi connectivity index (χ4v) is 10.4. The molecule has 0 aliphatic carbocycles. The molecular weight excluding hydrogens is 807 g/mol. The van der Waals surface area contributed by atoms with Crippen molar-refractivity contribution >= 4 is 5.91 Å². The maximum atomic E-state index is 12.5. The van der Waals surface area contributed by atoms with E-state index in [9.17, 15) is 15.0 Å². The first-order chi connectivity index (χ1) is 32.7. The Kier molecular flexibility index (Phi) is 58.2. The highest BCUT2D eigenvalue weighted by atomic mass is 16.3. The van der Waals surface area contributed by atoms with E-state index in [1.165, 1.54) is 321 Å². The van der Waals surface area contributed by atoms with Gasteiger partial charge in [-0.15, -0.1) is 0 Å². The number of carbonyl (C=O) groups is 1. The normalized spacial score (nSPS) is 12.6. The van der Waals surface area contributed by atoms with Gasteiger partial charge in [-0.2, -0.15) is 0 Å². The number of hydrogen-bond acceptors (Lipinski definition) is 3. The predicted molar refractivity (Wildman–Crippen MR) is 295 cm³/mol. The zero-order valence-electron chi connectivity index (χ0n) is 45.8. The van der Waals surface area contributed by atoms with E-state index in [1.54, 1.807) is 0 Å². The molecule has 0 fully saturated rings. The van der Waals surface area contributed by atoms with E-state index >= 15 is 0 Å². The lowest BCUT2D eigenvalue weighted by molar-refractivity contribution is -0.123. The van der Waals surface area contributed by atoms with Gasteiger partial charge in [0.05, 0.1) is 18.8 Å². The Balaban J connectivity index is 3.38. The first kappa shape index (κ1) is 65.4. The molecule has 0 aromatic rings. The predicted octanol–water partition coefficient (Wildman–Crippen LogP) is 20.7. The van der Waals surface area contributed by atoms with Crippen LogP contribution in [0.1, 0.15) is 373 Å². The van der Waals surface area contributed by atoms with Gasteiger partial charge in [-0.1, -0.05) is 354 Å². The third-order valence-corrected chi connectivity index (χ3v) is 15.1. The summed E-state index contributed by atoms with van der Waals surface area (Å²) < 4.78 is 0. The van der Waals surface area contributed by atoms with Crippen molar-refractivity contribution < 1.29 is 15.0 Å². The SMILES string of the molecule is CCCCCCCCCCCCCCCCCCCCCCCCCCCCCCCC(=O)NC(CO)C(O)CCCCCCCCCCCCCCCCCCCCCCCCCCC. The van der Waals surface area contributed by atoms with Crippen molar-refractivity contribution in [2.24, 2.45) is 0 Å². The second kappa shape index (κ2) is 58.7. The molecule has 396 valence electrons. The van der Waals surface area contributed by atoms with Crippen molar-refractivity contribution in [1.82, 2.24) is 5.32 Å². The van der Waals surface area contributed by atoms with Crippen LogP contribution in [0.3, 0.4) is 0 Å². The number of aliphatic hydroxyl groups is 2. The highest BCUT2D eigenvalue weighted by Gasteiger charge is 2.20. The average Bonchev–Trinajstić information content (AvgIpc) is 3.32. The molecule has 0 saturated carbocycles. The number of rotatable bonds is 59. The Morgan fingerprint density at radius 1 is 0.303 bits per heavy atom. The van der Waals surface area contributed by atoms with Crippen LogP contribution in [0.25, 0.3) is 0 Å². The monoisotopic (exact) mass is 932 g/mol. The summed E-state index contributed by atoms with van der Waals surface area (Å²) in [6, 6.07) is -0.532. The van der Waals surface area contributed by atoms with Crippen LogP contribution < -0.4 is 5.32 Å². The van der Waals surface area contributed by atoms with Crippen molar-refractivity contribution in [2.75, 3.05) is 6.61 Å². The van der Waals surface area contributed by atoms with Gasteiger partial charge in [-0.05, 0) is 12.8 Å². The minimum Gasteiger partial charge on any atom is -0.394 e. The molecule has 0 aliphatic rings. The number of amides is 1. The third kappa shape index (κ3) is 54.3. The summed E-state index contributed by atoms with van der Waals surface area (Å²) in [6.07, 6.45) is 75.5. The molecule has 0 heterocycles. The molecule has 4 heteroatoms. The van der Waals surface area contributed by atoms with Gasteiger partial charge in [0.2, 0.25) is 5.91 Å². The standard InChI is InChI=1S/C62H125NO3/c1-3-5-7-9-11-13-15-17-19-21-23-25-27-29-30-31-32-34-36-38-40-42-44-46-48-50-52-54-56-58-62(66)63-60(59-64)61(65)57-55-53-51-49-47-45-43-41-39-37-35-33-28-26-24-22-20-18-16-14-12-10-8-6-4-2/h60-61,64-65H,3-59H2,1-2H3,(H,63,66). The van der Waals surface area contributed by atoms with Crippen molar-refractivity contribution in [2.45, 2.75) is 386 Å². The lowest BCUT2D eigenvalue weighted by Crippen LogP contribution is -2.45. The van der Waals surface area contributed by atoms with E-state index in [0.29, 0.717) is 12.8 Å². The van der Waals surface area contributed by atoms with E-state index in [1.807, 2.05) is 0 Å². The van der Waals surface area contributed by atoms with Gasteiger partial charge in [-0.3, -0.25) is 4.79 Å². The van der Waals surface area contributed by atoms with Crippen LogP contribution in [-0.2, 0) is 4.79 Å². The summed E-state index contributed by atoms with van der Waals surface area (Å²) in [4.78, 5) is 12.5. The van der Waals surface area contributed by atoms with Gasteiger partial charge in [0.1, 0.15) is 0 Å². The Labute approximate surface area is 416 Å². The van der Waals surface area contributed by atoms with E-state index in [0.717, 1.165) is 25.7 Å². The van der Waals surface area contributed by atoms with Gasteiger partial charge in [0, 0.05) is 6.42 Å². The van der Waals surface area contributed by atoms with Gasteiger partial charge >= 0.3 is 0 Å². The van der Waals surface area contributed by atoms with Crippen LogP contribution in [0.2, 0.25) is 0 Å². The van der Waals surface area contributed by atoms with Crippen LogP contribution >= 0.6 is 0 Å². The Bertz CT molecular complexity index is 879. The molecule has 0 aromatic heterocycles. The van der Waals surface area contributed by atoms with Crippen molar-refractivity contribution in [3.05, 3.63) is 0 Å². The Hall–Kier alpha value is -0.610. The molecular formula is C62H125NO3. The van der Waals surface area contributed by atoms with Crippen LogP contribution in [0.5, 0.6) is 0 Å². The van der Waals surface area contributed by atoms with Crippen molar-refractivity contribution in [3.63, 3.8) is 0 Å². The van der Waals surface area contributed by atoms with Crippen LogP contribution in [0.4, 0.5) is 0 Å². The zero-order valence-corrected chi connectivity index (χ0v) is 45.8. The molecule has 0 radical (unpaired) electrons. The Morgan fingerprint density at radius 2 is 0.485 bits per heavy atom. The summed E-state index contributed by atoms with van der Waals surface area (Å²) in [5.41, 5.74) is 0. The number of hydrogen-bond donors (Lipinski definition) is 3. The Morgan fingerprint density at radius 3 is 0.682 bits per heavy atom. The summed E-state index contributed by atoms with van der Waals surface area (Å²) in [6.45, 7) is 4.41. The summed E-state index contributed by atoms with van der Waals surface area (Å²) >= 11 is 0. The lowest BCUT2D eigenvalue weighted by atomic mass is 10.0. The number of carbonyl (C=O) groups excluding carboxylic acids is 1. The summed E-state index contributed by atoms with van der Waals surface area (Å²) in [7, 11) is 0. The zero-order chi connectivity index (χ0) is 47.7. The van der Waals surface area contributed by atoms with Crippen LogP contribution in [-0.4, -0.2) is 34.9 Å². The van der Waals surface area contributed by atoms with E-state index in [2.05, 4.69) is 19.2 Å². The smallest absolute Gasteiger partial charge is 0.220 e. The molecule has 0 aliphatic heterocycles.